The minimum Gasteiger partial charge on any atom is -0.383 e. The van der Waals surface area contributed by atoms with Crippen molar-refractivity contribution in [2.24, 2.45) is 11.8 Å². The van der Waals surface area contributed by atoms with E-state index in [2.05, 4.69) is 24.3 Å². The van der Waals surface area contributed by atoms with Crippen LogP contribution >= 0.6 is 0 Å². The summed E-state index contributed by atoms with van der Waals surface area (Å²) in [5.41, 5.74) is 0.0706. The number of allylic oxidation sites excluding steroid dienone is 4. The number of aliphatic hydroxyl groups is 1. The first kappa shape index (κ1) is 11.2. The summed E-state index contributed by atoms with van der Waals surface area (Å²) in [6.45, 7) is 0. The SMILES string of the molecule is OC(c1ccccc1)(C1C=CC=C1)C1C=CC=C1. The molecular weight excluding hydrogens is 220 g/mol. The molecule has 1 N–H and O–H groups in total. The van der Waals surface area contributed by atoms with Gasteiger partial charge in [-0.1, -0.05) is 78.9 Å². The smallest absolute Gasteiger partial charge is 0.109 e. The molecule has 0 fully saturated rings. The summed E-state index contributed by atoms with van der Waals surface area (Å²) in [6, 6.07) is 9.93. The average molecular weight is 236 g/mol. The molecule has 0 saturated heterocycles. The Hall–Kier alpha value is -1.86. The second-order valence-electron chi connectivity index (χ2n) is 4.78. The number of hydrogen-bond donors (Lipinski definition) is 1. The number of hydrogen-bond acceptors (Lipinski definition) is 1. The third-order valence-electron chi connectivity index (χ3n) is 3.75. The van der Waals surface area contributed by atoms with E-state index in [0.717, 1.165) is 5.56 Å². The lowest BCUT2D eigenvalue weighted by atomic mass is 9.73. The Morgan fingerprint density at radius 2 is 1.17 bits per heavy atom. The minimum absolute atomic E-state index is 0.0253. The Balaban J connectivity index is 2.08. The molecule has 0 amide bonds. The fourth-order valence-electron chi connectivity index (χ4n) is 2.76. The topological polar surface area (TPSA) is 20.2 Å². The van der Waals surface area contributed by atoms with Gasteiger partial charge in [-0.15, -0.1) is 0 Å². The van der Waals surface area contributed by atoms with Gasteiger partial charge in [0.15, 0.2) is 0 Å². The van der Waals surface area contributed by atoms with Crippen molar-refractivity contribution in [2.75, 3.05) is 0 Å². The highest BCUT2D eigenvalue weighted by Gasteiger charge is 2.42. The zero-order chi connectivity index (χ0) is 12.4. The molecule has 2 aliphatic carbocycles. The van der Waals surface area contributed by atoms with Crippen LogP contribution in [0, 0.1) is 11.8 Å². The van der Waals surface area contributed by atoms with Gasteiger partial charge in [-0.05, 0) is 5.56 Å². The van der Waals surface area contributed by atoms with Crippen molar-refractivity contribution in [1.29, 1.82) is 0 Å². The summed E-state index contributed by atoms with van der Waals surface area (Å²) >= 11 is 0. The van der Waals surface area contributed by atoms with Crippen LogP contribution in [0.5, 0.6) is 0 Å². The van der Waals surface area contributed by atoms with Crippen LogP contribution in [-0.2, 0) is 5.60 Å². The van der Waals surface area contributed by atoms with Crippen molar-refractivity contribution in [3.8, 4) is 0 Å². The summed E-state index contributed by atoms with van der Waals surface area (Å²) in [5.74, 6) is 0.0506. The van der Waals surface area contributed by atoms with Crippen LogP contribution in [0.1, 0.15) is 5.56 Å². The molecule has 0 unspecified atom stereocenters. The van der Waals surface area contributed by atoms with Gasteiger partial charge in [0.25, 0.3) is 0 Å². The molecule has 1 aromatic rings. The Bertz CT molecular complexity index is 482. The maximum atomic E-state index is 11.3. The predicted molar refractivity (Wildman–Crippen MR) is 73.9 cm³/mol. The highest BCUT2D eigenvalue weighted by Crippen LogP contribution is 2.42. The van der Waals surface area contributed by atoms with E-state index in [9.17, 15) is 5.11 Å². The van der Waals surface area contributed by atoms with E-state index in [4.69, 9.17) is 0 Å². The lowest BCUT2D eigenvalue weighted by Crippen LogP contribution is -2.38. The normalized spacial score (nSPS) is 19.2. The molecule has 0 radical (unpaired) electrons. The molecule has 0 heterocycles. The van der Waals surface area contributed by atoms with E-state index in [1.54, 1.807) is 0 Å². The summed E-state index contributed by atoms with van der Waals surface area (Å²) in [4.78, 5) is 0. The highest BCUT2D eigenvalue weighted by atomic mass is 16.3. The third-order valence-corrected chi connectivity index (χ3v) is 3.75. The van der Waals surface area contributed by atoms with Crippen molar-refractivity contribution >= 4 is 0 Å². The summed E-state index contributed by atoms with van der Waals surface area (Å²) in [5, 5.41) is 11.3. The Morgan fingerprint density at radius 3 is 1.61 bits per heavy atom. The molecule has 1 nitrogen and oxygen atoms in total. The molecule has 0 aliphatic heterocycles. The molecule has 0 bridgehead atoms. The van der Waals surface area contributed by atoms with E-state index in [-0.39, 0.29) is 11.8 Å². The van der Waals surface area contributed by atoms with E-state index in [0.29, 0.717) is 0 Å². The van der Waals surface area contributed by atoms with Gasteiger partial charge in [-0.2, -0.15) is 0 Å². The third kappa shape index (κ3) is 1.68. The first-order valence-electron chi connectivity index (χ1n) is 6.29. The average Bonchev–Trinajstić information content (AvgIpc) is 3.12. The second kappa shape index (κ2) is 4.43. The predicted octanol–water partition coefficient (Wildman–Crippen LogP) is 3.36. The molecule has 1 aromatic carbocycles. The monoisotopic (exact) mass is 236 g/mol. The van der Waals surface area contributed by atoms with Crippen molar-refractivity contribution in [3.05, 3.63) is 84.5 Å². The first-order valence-corrected chi connectivity index (χ1v) is 6.29. The van der Waals surface area contributed by atoms with Crippen LogP contribution < -0.4 is 0 Å². The van der Waals surface area contributed by atoms with E-state index < -0.39 is 5.60 Å². The standard InChI is InChI=1S/C17H16O/c18-17(15-10-4-5-11-15,16-12-6-7-13-16)14-8-2-1-3-9-14/h1-13,15-16,18H. The fraction of sp³-hybridized carbons (Fsp3) is 0.176. The maximum Gasteiger partial charge on any atom is 0.109 e. The molecule has 2 aliphatic rings. The maximum absolute atomic E-state index is 11.3. The van der Waals surface area contributed by atoms with Gasteiger partial charge in [0.05, 0.1) is 0 Å². The molecule has 0 aromatic heterocycles. The molecule has 90 valence electrons. The molecule has 1 heteroatoms. The van der Waals surface area contributed by atoms with Crippen LogP contribution in [0.4, 0.5) is 0 Å². The zero-order valence-electron chi connectivity index (χ0n) is 10.1. The fourth-order valence-corrected chi connectivity index (χ4v) is 2.76. The minimum atomic E-state index is -0.895. The Morgan fingerprint density at radius 1 is 0.722 bits per heavy atom. The lowest BCUT2D eigenvalue weighted by molar-refractivity contribution is -0.0131. The van der Waals surface area contributed by atoms with Gasteiger partial charge in [0, 0.05) is 11.8 Å². The van der Waals surface area contributed by atoms with Crippen molar-refractivity contribution < 1.29 is 5.11 Å². The molecular formula is C17H16O. The quantitative estimate of drug-likeness (QED) is 0.853. The lowest BCUT2D eigenvalue weighted by Gasteiger charge is -2.37. The molecule has 0 spiro atoms. The number of rotatable bonds is 3. The Kier molecular flexibility index (Phi) is 2.77. The van der Waals surface area contributed by atoms with Gasteiger partial charge in [0.2, 0.25) is 0 Å². The highest BCUT2D eigenvalue weighted by molar-refractivity contribution is 5.37. The summed E-state index contributed by atoms with van der Waals surface area (Å²) in [6.07, 6.45) is 16.3. The van der Waals surface area contributed by atoms with E-state index >= 15 is 0 Å². The summed E-state index contributed by atoms with van der Waals surface area (Å²) in [7, 11) is 0. The second-order valence-corrected chi connectivity index (χ2v) is 4.78. The van der Waals surface area contributed by atoms with Gasteiger partial charge in [0.1, 0.15) is 5.60 Å². The van der Waals surface area contributed by atoms with Gasteiger partial charge in [-0.25, -0.2) is 0 Å². The molecule has 3 rings (SSSR count). The van der Waals surface area contributed by atoms with E-state index in [1.807, 2.05) is 54.6 Å². The van der Waals surface area contributed by atoms with Crippen molar-refractivity contribution in [2.45, 2.75) is 5.60 Å². The van der Waals surface area contributed by atoms with Crippen molar-refractivity contribution in [1.82, 2.24) is 0 Å². The van der Waals surface area contributed by atoms with Crippen LogP contribution in [-0.4, -0.2) is 5.11 Å². The van der Waals surface area contributed by atoms with Crippen LogP contribution in [0.15, 0.2) is 78.9 Å². The van der Waals surface area contributed by atoms with Gasteiger partial charge >= 0.3 is 0 Å². The van der Waals surface area contributed by atoms with Gasteiger partial charge < -0.3 is 5.11 Å². The summed E-state index contributed by atoms with van der Waals surface area (Å²) < 4.78 is 0. The molecule has 0 saturated carbocycles. The largest absolute Gasteiger partial charge is 0.383 e. The van der Waals surface area contributed by atoms with E-state index in [1.165, 1.54) is 0 Å². The number of benzene rings is 1. The van der Waals surface area contributed by atoms with Crippen LogP contribution in [0.2, 0.25) is 0 Å². The first-order chi connectivity index (χ1) is 8.82. The van der Waals surface area contributed by atoms with Gasteiger partial charge in [-0.3, -0.25) is 0 Å². The molecule has 18 heavy (non-hydrogen) atoms. The Labute approximate surface area is 107 Å². The van der Waals surface area contributed by atoms with Crippen LogP contribution in [0.25, 0.3) is 0 Å². The molecule has 0 atom stereocenters. The van der Waals surface area contributed by atoms with Crippen LogP contribution in [0.3, 0.4) is 0 Å². The zero-order valence-corrected chi connectivity index (χ0v) is 10.1. The van der Waals surface area contributed by atoms with Crippen molar-refractivity contribution in [3.63, 3.8) is 0 Å².